The van der Waals surface area contributed by atoms with E-state index in [0.29, 0.717) is 12.2 Å². The van der Waals surface area contributed by atoms with Crippen LogP contribution in [0.4, 0.5) is 0 Å². The average molecular weight is 336 g/mol. The van der Waals surface area contributed by atoms with Gasteiger partial charge in [-0.05, 0) is 48.9 Å². The molecule has 0 unspecified atom stereocenters. The minimum atomic E-state index is -0.388. The van der Waals surface area contributed by atoms with Gasteiger partial charge in [-0.25, -0.2) is 0 Å². The van der Waals surface area contributed by atoms with Crippen LogP contribution in [0.5, 0.6) is 0 Å². The summed E-state index contributed by atoms with van der Waals surface area (Å²) < 4.78 is 6.14. The molecule has 20 heavy (non-hydrogen) atoms. The number of hydrogen-bond acceptors (Lipinski definition) is 2. The third kappa shape index (κ3) is 3.58. The second-order valence-electron chi connectivity index (χ2n) is 5.48. The number of ether oxygens (including phenoxy) is 1. The molecule has 1 N–H and O–H groups in total. The van der Waals surface area contributed by atoms with Gasteiger partial charge in [0.1, 0.15) is 0 Å². The van der Waals surface area contributed by atoms with Crippen LogP contribution >= 0.6 is 15.9 Å². The molecule has 4 heteroatoms. The van der Waals surface area contributed by atoms with Crippen molar-refractivity contribution in [2.24, 2.45) is 0 Å². The van der Waals surface area contributed by atoms with Gasteiger partial charge in [0.05, 0.1) is 12.1 Å². The monoisotopic (exact) mass is 335 g/mol. The SMILES string of the molecule is COCC(C)(C)NC(=O)c1ccc2cc(Br)ccc2c1. The predicted molar refractivity (Wildman–Crippen MR) is 85.1 cm³/mol. The van der Waals surface area contributed by atoms with Crippen molar-refractivity contribution in [2.75, 3.05) is 13.7 Å². The number of rotatable bonds is 4. The maximum absolute atomic E-state index is 12.3. The first-order chi connectivity index (χ1) is 9.41. The van der Waals surface area contributed by atoms with Gasteiger partial charge in [-0.15, -0.1) is 0 Å². The number of nitrogens with one attached hydrogen (secondary N) is 1. The van der Waals surface area contributed by atoms with Crippen LogP contribution in [-0.2, 0) is 4.74 Å². The molecule has 3 nitrogen and oxygen atoms in total. The number of hydrogen-bond donors (Lipinski definition) is 1. The second kappa shape index (κ2) is 5.94. The fourth-order valence-corrected chi connectivity index (χ4v) is 2.51. The molecule has 0 fully saturated rings. The number of fused-ring (bicyclic) bond motifs is 1. The molecule has 0 radical (unpaired) electrons. The van der Waals surface area contributed by atoms with E-state index in [1.807, 2.05) is 50.2 Å². The molecule has 0 aromatic heterocycles. The van der Waals surface area contributed by atoms with Crippen LogP contribution in [-0.4, -0.2) is 25.2 Å². The molecule has 0 aliphatic carbocycles. The summed E-state index contributed by atoms with van der Waals surface area (Å²) in [6.07, 6.45) is 0. The van der Waals surface area contributed by atoms with E-state index in [-0.39, 0.29) is 11.4 Å². The first-order valence-corrected chi connectivity index (χ1v) is 7.21. The van der Waals surface area contributed by atoms with Crippen molar-refractivity contribution >= 4 is 32.6 Å². The zero-order valence-electron chi connectivity index (χ0n) is 11.9. The van der Waals surface area contributed by atoms with Crippen LogP contribution in [0.15, 0.2) is 40.9 Å². The third-order valence-electron chi connectivity index (χ3n) is 3.02. The maximum Gasteiger partial charge on any atom is 0.251 e. The Balaban J connectivity index is 2.24. The topological polar surface area (TPSA) is 38.3 Å². The van der Waals surface area contributed by atoms with Gasteiger partial charge >= 0.3 is 0 Å². The zero-order chi connectivity index (χ0) is 14.8. The summed E-state index contributed by atoms with van der Waals surface area (Å²) in [5.41, 5.74) is 0.268. The molecule has 106 valence electrons. The first-order valence-electron chi connectivity index (χ1n) is 6.42. The number of methoxy groups -OCH3 is 1. The van der Waals surface area contributed by atoms with Crippen molar-refractivity contribution < 1.29 is 9.53 Å². The number of carbonyl (C=O) groups excluding carboxylic acids is 1. The van der Waals surface area contributed by atoms with Gasteiger partial charge in [0.2, 0.25) is 0 Å². The fraction of sp³-hybridized carbons (Fsp3) is 0.312. The van der Waals surface area contributed by atoms with Crippen LogP contribution in [0, 0.1) is 0 Å². The summed E-state index contributed by atoms with van der Waals surface area (Å²) in [7, 11) is 1.63. The number of benzene rings is 2. The molecule has 1 amide bonds. The Kier molecular flexibility index (Phi) is 4.45. The van der Waals surface area contributed by atoms with E-state index in [2.05, 4.69) is 21.2 Å². The zero-order valence-corrected chi connectivity index (χ0v) is 13.5. The maximum atomic E-state index is 12.3. The minimum Gasteiger partial charge on any atom is -0.382 e. The predicted octanol–water partition coefficient (Wildman–Crippen LogP) is 3.76. The summed E-state index contributed by atoms with van der Waals surface area (Å²) in [4.78, 5) is 12.3. The smallest absolute Gasteiger partial charge is 0.251 e. The van der Waals surface area contributed by atoms with Gasteiger partial charge in [-0.1, -0.05) is 28.1 Å². The van der Waals surface area contributed by atoms with Crippen molar-refractivity contribution in [3.63, 3.8) is 0 Å². The lowest BCUT2D eigenvalue weighted by molar-refractivity contribution is 0.0820. The summed E-state index contributed by atoms with van der Waals surface area (Å²) in [6.45, 7) is 4.35. The second-order valence-corrected chi connectivity index (χ2v) is 6.39. The van der Waals surface area contributed by atoms with Gasteiger partial charge in [-0.2, -0.15) is 0 Å². The highest BCUT2D eigenvalue weighted by Crippen LogP contribution is 2.21. The van der Waals surface area contributed by atoms with Crippen molar-refractivity contribution in [1.82, 2.24) is 5.32 Å². The molecule has 2 aromatic rings. The third-order valence-corrected chi connectivity index (χ3v) is 3.51. The normalized spacial score (nSPS) is 11.6. The van der Waals surface area contributed by atoms with Crippen LogP contribution < -0.4 is 5.32 Å². The van der Waals surface area contributed by atoms with E-state index in [9.17, 15) is 4.79 Å². The quantitative estimate of drug-likeness (QED) is 0.923. The van der Waals surface area contributed by atoms with E-state index < -0.39 is 0 Å². The standard InChI is InChI=1S/C16H18BrNO2/c1-16(2,10-20-3)18-15(19)13-5-4-12-9-14(17)7-6-11(12)8-13/h4-9H,10H2,1-3H3,(H,18,19). The molecule has 0 bridgehead atoms. The molecule has 0 saturated carbocycles. The highest BCUT2D eigenvalue weighted by Gasteiger charge is 2.21. The highest BCUT2D eigenvalue weighted by molar-refractivity contribution is 9.10. The lowest BCUT2D eigenvalue weighted by atomic mass is 10.0. The fourth-order valence-electron chi connectivity index (χ4n) is 2.13. The van der Waals surface area contributed by atoms with Crippen LogP contribution in [0.3, 0.4) is 0 Å². The van der Waals surface area contributed by atoms with Crippen molar-refractivity contribution in [3.05, 3.63) is 46.4 Å². The largest absolute Gasteiger partial charge is 0.382 e. The van der Waals surface area contributed by atoms with E-state index in [0.717, 1.165) is 15.2 Å². The Hall–Kier alpha value is -1.39. The van der Waals surface area contributed by atoms with Gasteiger partial charge in [0.25, 0.3) is 5.91 Å². The van der Waals surface area contributed by atoms with E-state index >= 15 is 0 Å². The highest BCUT2D eigenvalue weighted by atomic mass is 79.9. The molecular weight excluding hydrogens is 318 g/mol. The molecule has 0 aliphatic heterocycles. The molecule has 0 spiro atoms. The van der Waals surface area contributed by atoms with Crippen LogP contribution in [0.1, 0.15) is 24.2 Å². The Morgan fingerprint density at radius 1 is 1.20 bits per heavy atom. The Bertz CT molecular complexity index is 637. The summed E-state index contributed by atoms with van der Waals surface area (Å²) >= 11 is 3.44. The Morgan fingerprint density at radius 3 is 2.55 bits per heavy atom. The van der Waals surface area contributed by atoms with Crippen molar-refractivity contribution in [1.29, 1.82) is 0 Å². The number of carbonyl (C=O) groups is 1. The summed E-state index contributed by atoms with van der Waals surface area (Å²) in [5.74, 6) is -0.0862. The molecule has 2 rings (SSSR count). The molecular formula is C16H18BrNO2. The summed E-state index contributed by atoms with van der Waals surface area (Å²) in [6, 6.07) is 11.7. The molecule has 0 atom stereocenters. The van der Waals surface area contributed by atoms with E-state index in [1.54, 1.807) is 7.11 Å². The molecule has 0 heterocycles. The number of halogens is 1. The Morgan fingerprint density at radius 2 is 1.85 bits per heavy atom. The number of amides is 1. The molecule has 0 aliphatic rings. The summed E-state index contributed by atoms with van der Waals surface area (Å²) in [5, 5.41) is 5.13. The van der Waals surface area contributed by atoms with Crippen LogP contribution in [0.25, 0.3) is 10.8 Å². The average Bonchev–Trinajstić information content (AvgIpc) is 2.37. The van der Waals surface area contributed by atoms with E-state index in [1.165, 1.54) is 0 Å². The minimum absolute atomic E-state index is 0.0862. The van der Waals surface area contributed by atoms with E-state index in [4.69, 9.17) is 4.74 Å². The lowest BCUT2D eigenvalue weighted by Crippen LogP contribution is -2.46. The van der Waals surface area contributed by atoms with Crippen LogP contribution in [0.2, 0.25) is 0 Å². The first kappa shape index (κ1) is 15.0. The van der Waals surface area contributed by atoms with Gasteiger partial charge in [-0.3, -0.25) is 4.79 Å². The Labute approximate surface area is 127 Å². The van der Waals surface area contributed by atoms with Crippen molar-refractivity contribution in [3.8, 4) is 0 Å². The molecule has 0 saturated heterocycles. The molecule has 2 aromatic carbocycles. The van der Waals surface area contributed by atoms with Gasteiger partial charge in [0, 0.05) is 17.1 Å². The van der Waals surface area contributed by atoms with Gasteiger partial charge < -0.3 is 10.1 Å². The van der Waals surface area contributed by atoms with Gasteiger partial charge in [0.15, 0.2) is 0 Å². The van der Waals surface area contributed by atoms with Crippen molar-refractivity contribution in [2.45, 2.75) is 19.4 Å². The lowest BCUT2D eigenvalue weighted by Gasteiger charge is -2.25.